The Labute approximate surface area is 117 Å². The maximum absolute atomic E-state index is 8.63. The van der Waals surface area contributed by atoms with E-state index >= 15 is 0 Å². The highest BCUT2D eigenvalue weighted by Crippen LogP contribution is 2.22. The Balaban J connectivity index is 2.16. The van der Waals surface area contributed by atoms with Crippen molar-refractivity contribution in [1.29, 1.82) is 5.26 Å². The first-order chi connectivity index (χ1) is 9.33. The summed E-state index contributed by atoms with van der Waals surface area (Å²) in [6.45, 7) is 4.05. The first-order valence-electron chi connectivity index (χ1n) is 6.17. The second kappa shape index (κ2) is 7.02. The minimum atomic E-state index is 0.611. The zero-order chi connectivity index (χ0) is 13.5. The van der Waals surface area contributed by atoms with Crippen LogP contribution in [0.3, 0.4) is 0 Å². The summed E-state index contributed by atoms with van der Waals surface area (Å²) in [6.07, 6.45) is 3.79. The number of nitrogens with one attached hydrogen (secondary N) is 2. The number of anilines is 1. The van der Waals surface area contributed by atoms with Gasteiger partial charge in [-0.1, -0.05) is 17.8 Å². The second-order valence-corrected chi connectivity index (χ2v) is 4.91. The van der Waals surface area contributed by atoms with Crippen molar-refractivity contribution in [2.75, 3.05) is 37.3 Å². The van der Waals surface area contributed by atoms with E-state index in [1.807, 2.05) is 24.6 Å². The van der Waals surface area contributed by atoms with E-state index in [2.05, 4.69) is 32.7 Å². The van der Waals surface area contributed by atoms with Gasteiger partial charge in [-0.05, 0) is 24.5 Å². The predicted octanol–water partition coefficient (Wildman–Crippen LogP) is 1.52. The molecule has 1 aromatic rings. The quantitative estimate of drug-likeness (QED) is 0.371. The number of benzene rings is 1. The number of piperazine rings is 1. The molecule has 2 rings (SSSR count). The smallest absolute Gasteiger partial charge is 0.183 e. The van der Waals surface area contributed by atoms with Gasteiger partial charge in [-0.15, -0.1) is 0 Å². The van der Waals surface area contributed by atoms with Gasteiger partial charge in [-0.3, -0.25) is 5.32 Å². The number of nitrogens with zero attached hydrogens (tertiary/aromatic N) is 3. The highest BCUT2D eigenvalue weighted by atomic mass is 32.2. The van der Waals surface area contributed by atoms with Crippen LogP contribution in [0.15, 0.2) is 29.3 Å². The van der Waals surface area contributed by atoms with Gasteiger partial charge < -0.3 is 10.2 Å². The molecule has 2 N–H and O–H groups in total. The summed E-state index contributed by atoms with van der Waals surface area (Å²) in [5.74, 6) is 0. The standard InChI is InChI=1S/C13H17N5S/c1-19-13(16-10-14)17-11-3-2-4-12(9-11)18-7-5-15-6-8-18/h2-4,9,15H,5-8H2,1H3,(H,16,17). The van der Waals surface area contributed by atoms with Crippen LogP contribution in [0.2, 0.25) is 0 Å². The molecule has 100 valence electrons. The summed E-state index contributed by atoms with van der Waals surface area (Å²) in [7, 11) is 0. The number of amidine groups is 1. The lowest BCUT2D eigenvalue weighted by Crippen LogP contribution is -2.43. The van der Waals surface area contributed by atoms with Crippen molar-refractivity contribution in [1.82, 2.24) is 10.6 Å². The lowest BCUT2D eigenvalue weighted by Gasteiger charge is -2.29. The van der Waals surface area contributed by atoms with Crippen molar-refractivity contribution >= 4 is 28.3 Å². The Morgan fingerprint density at radius 1 is 1.47 bits per heavy atom. The van der Waals surface area contributed by atoms with Crippen molar-refractivity contribution in [2.45, 2.75) is 0 Å². The van der Waals surface area contributed by atoms with Gasteiger partial charge in [0.2, 0.25) is 0 Å². The van der Waals surface area contributed by atoms with Crippen LogP contribution in [0, 0.1) is 11.5 Å². The molecular weight excluding hydrogens is 258 g/mol. The van der Waals surface area contributed by atoms with E-state index in [1.54, 1.807) is 0 Å². The van der Waals surface area contributed by atoms with Crippen LogP contribution in [0.1, 0.15) is 0 Å². The highest BCUT2D eigenvalue weighted by Gasteiger charge is 2.10. The minimum absolute atomic E-state index is 0.611. The Kier molecular flexibility index (Phi) is 5.07. The minimum Gasteiger partial charge on any atom is -0.369 e. The van der Waals surface area contributed by atoms with Gasteiger partial charge in [-0.25, -0.2) is 4.99 Å². The number of nitriles is 1. The Hall–Kier alpha value is -1.71. The van der Waals surface area contributed by atoms with Gasteiger partial charge in [0.05, 0.1) is 5.69 Å². The fraction of sp³-hybridized carbons (Fsp3) is 0.385. The fourth-order valence-electron chi connectivity index (χ4n) is 1.97. The molecule has 5 nitrogen and oxygen atoms in total. The van der Waals surface area contributed by atoms with E-state index in [0.29, 0.717) is 5.17 Å². The molecule has 1 saturated heterocycles. The average molecular weight is 275 g/mol. The molecule has 1 aromatic carbocycles. The van der Waals surface area contributed by atoms with Gasteiger partial charge in [0, 0.05) is 31.9 Å². The molecule has 1 heterocycles. The molecule has 0 bridgehead atoms. The largest absolute Gasteiger partial charge is 0.369 e. The van der Waals surface area contributed by atoms with E-state index in [-0.39, 0.29) is 0 Å². The monoisotopic (exact) mass is 275 g/mol. The van der Waals surface area contributed by atoms with E-state index < -0.39 is 0 Å². The summed E-state index contributed by atoms with van der Waals surface area (Å²) in [4.78, 5) is 6.77. The molecule has 0 amide bonds. The summed E-state index contributed by atoms with van der Waals surface area (Å²) < 4.78 is 0. The summed E-state index contributed by atoms with van der Waals surface area (Å²) >= 11 is 1.42. The van der Waals surface area contributed by atoms with Crippen LogP contribution >= 0.6 is 11.8 Å². The molecule has 6 heteroatoms. The summed E-state index contributed by atoms with van der Waals surface area (Å²) in [5.41, 5.74) is 2.04. The van der Waals surface area contributed by atoms with Gasteiger partial charge in [-0.2, -0.15) is 5.26 Å². The topological polar surface area (TPSA) is 63.4 Å². The van der Waals surface area contributed by atoms with Crippen LogP contribution < -0.4 is 15.5 Å². The number of thioether (sulfide) groups is 1. The number of rotatable bonds is 2. The third-order valence-corrected chi connectivity index (χ3v) is 3.48. The molecule has 0 aromatic heterocycles. The maximum Gasteiger partial charge on any atom is 0.183 e. The maximum atomic E-state index is 8.63. The molecule has 1 aliphatic heterocycles. The highest BCUT2D eigenvalue weighted by molar-refractivity contribution is 8.13. The molecule has 0 saturated carbocycles. The van der Waals surface area contributed by atoms with Crippen molar-refractivity contribution in [2.24, 2.45) is 4.99 Å². The van der Waals surface area contributed by atoms with Gasteiger partial charge in [0.15, 0.2) is 11.4 Å². The zero-order valence-electron chi connectivity index (χ0n) is 10.9. The Morgan fingerprint density at radius 2 is 2.26 bits per heavy atom. The van der Waals surface area contributed by atoms with Crippen LogP contribution in [0.4, 0.5) is 11.4 Å². The van der Waals surface area contributed by atoms with Gasteiger partial charge in [0.1, 0.15) is 0 Å². The molecule has 1 fully saturated rings. The molecule has 0 atom stereocenters. The van der Waals surface area contributed by atoms with Gasteiger partial charge in [0.25, 0.3) is 0 Å². The second-order valence-electron chi connectivity index (χ2n) is 4.11. The van der Waals surface area contributed by atoms with Crippen LogP contribution in [0.5, 0.6) is 0 Å². The van der Waals surface area contributed by atoms with E-state index in [4.69, 9.17) is 5.26 Å². The number of hydrogen-bond acceptors (Lipinski definition) is 5. The number of aliphatic imine (C=N–C) groups is 1. The molecule has 0 radical (unpaired) electrons. The van der Waals surface area contributed by atoms with E-state index in [9.17, 15) is 0 Å². The third-order valence-electron chi connectivity index (χ3n) is 2.90. The Bertz CT molecular complexity index is 488. The first-order valence-corrected chi connectivity index (χ1v) is 7.39. The van der Waals surface area contributed by atoms with Crippen molar-refractivity contribution in [3.8, 4) is 6.19 Å². The SMILES string of the molecule is CSC(=Nc1cccc(N2CCNCC2)c1)NC#N. The number of hydrogen-bond donors (Lipinski definition) is 2. The molecule has 0 aliphatic carbocycles. The molecule has 0 unspecified atom stereocenters. The zero-order valence-corrected chi connectivity index (χ0v) is 11.7. The lowest BCUT2D eigenvalue weighted by atomic mass is 10.2. The summed E-state index contributed by atoms with van der Waals surface area (Å²) in [5, 5.41) is 15.2. The third kappa shape index (κ3) is 3.88. The molecule has 1 aliphatic rings. The average Bonchev–Trinajstić information content (AvgIpc) is 2.48. The van der Waals surface area contributed by atoms with Crippen LogP contribution in [-0.2, 0) is 0 Å². The van der Waals surface area contributed by atoms with Crippen molar-refractivity contribution < 1.29 is 0 Å². The normalized spacial score (nSPS) is 16.0. The first kappa shape index (κ1) is 13.7. The summed E-state index contributed by atoms with van der Waals surface area (Å²) in [6, 6.07) is 8.10. The van der Waals surface area contributed by atoms with Gasteiger partial charge >= 0.3 is 0 Å². The van der Waals surface area contributed by atoms with Crippen molar-refractivity contribution in [3.05, 3.63) is 24.3 Å². The van der Waals surface area contributed by atoms with Crippen LogP contribution in [-0.4, -0.2) is 37.6 Å². The van der Waals surface area contributed by atoms with Crippen molar-refractivity contribution in [3.63, 3.8) is 0 Å². The molecular formula is C13H17N5S. The fourth-order valence-corrected chi connectivity index (χ4v) is 2.32. The van der Waals surface area contributed by atoms with E-state index in [0.717, 1.165) is 31.9 Å². The lowest BCUT2D eigenvalue weighted by molar-refractivity contribution is 0.589. The predicted molar refractivity (Wildman–Crippen MR) is 80.9 cm³/mol. The Morgan fingerprint density at radius 3 is 2.95 bits per heavy atom. The molecule has 0 spiro atoms. The molecule has 19 heavy (non-hydrogen) atoms. The van der Waals surface area contributed by atoms with E-state index in [1.165, 1.54) is 17.4 Å². The van der Waals surface area contributed by atoms with Crippen LogP contribution in [0.25, 0.3) is 0 Å².